The van der Waals surface area contributed by atoms with E-state index in [-0.39, 0.29) is 22.3 Å². The molecule has 0 spiro atoms. The first-order valence-electron chi connectivity index (χ1n) is 9.61. The molecule has 1 aromatic heterocycles. The minimum atomic E-state index is -3.57. The van der Waals surface area contributed by atoms with Crippen LogP contribution in [0, 0.1) is 13.8 Å². The number of sulfone groups is 1. The number of carbonyl (C=O) groups excluding carboxylic acids is 1. The number of nitrogens with zero attached hydrogens (tertiary/aromatic N) is 3. The van der Waals surface area contributed by atoms with Crippen LogP contribution in [-0.2, 0) is 26.9 Å². The van der Waals surface area contributed by atoms with Crippen LogP contribution in [0.1, 0.15) is 17.0 Å². The molecule has 3 aromatic rings. The lowest BCUT2D eigenvalue weighted by atomic mass is 10.1. The van der Waals surface area contributed by atoms with Crippen LogP contribution in [0.3, 0.4) is 0 Å². The molecule has 1 amide bonds. The van der Waals surface area contributed by atoms with Gasteiger partial charge < -0.3 is 9.88 Å². The minimum Gasteiger partial charge on any atom is -0.325 e. The summed E-state index contributed by atoms with van der Waals surface area (Å²) in [5.41, 5.74) is 2.99. The van der Waals surface area contributed by atoms with E-state index in [1.54, 1.807) is 41.0 Å². The van der Waals surface area contributed by atoms with E-state index < -0.39 is 9.84 Å². The maximum Gasteiger partial charge on any atom is 0.234 e. The van der Waals surface area contributed by atoms with Crippen LogP contribution in [0.25, 0.3) is 0 Å². The molecular formula is C22H24N4O3S2. The van der Waals surface area contributed by atoms with E-state index in [0.29, 0.717) is 17.5 Å². The molecule has 3 rings (SSSR count). The smallest absolute Gasteiger partial charge is 0.234 e. The van der Waals surface area contributed by atoms with E-state index in [1.165, 1.54) is 11.8 Å². The fourth-order valence-electron chi connectivity index (χ4n) is 2.87. The molecule has 0 atom stereocenters. The van der Waals surface area contributed by atoms with Crippen molar-refractivity contribution in [2.24, 2.45) is 0 Å². The molecule has 2 aromatic carbocycles. The van der Waals surface area contributed by atoms with Gasteiger partial charge in [-0.2, -0.15) is 0 Å². The normalized spacial score (nSPS) is 11.3. The monoisotopic (exact) mass is 456 g/mol. The van der Waals surface area contributed by atoms with Crippen molar-refractivity contribution in [3.8, 4) is 0 Å². The van der Waals surface area contributed by atoms with Gasteiger partial charge in [0.25, 0.3) is 0 Å². The zero-order valence-electron chi connectivity index (χ0n) is 17.4. The predicted molar refractivity (Wildman–Crippen MR) is 123 cm³/mol. The van der Waals surface area contributed by atoms with Gasteiger partial charge in [-0.05, 0) is 49.2 Å². The Morgan fingerprint density at radius 1 is 1.13 bits per heavy atom. The molecule has 0 unspecified atom stereocenters. The Morgan fingerprint density at radius 2 is 1.87 bits per heavy atom. The highest BCUT2D eigenvalue weighted by Crippen LogP contribution is 2.22. The molecule has 0 aliphatic rings. The van der Waals surface area contributed by atoms with Gasteiger partial charge in [-0.3, -0.25) is 4.79 Å². The van der Waals surface area contributed by atoms with Crippen LogP contribution in [-0.4, -0.2) is 34.8 Å². The van der Waals surface area contributed by atoms with E-state index in [9.17, 15) is 13.2 Å². The second-order valence-electron chi connectivity index (χ2n) is 7.01. The number of aromatic nitrogens is 3. The summed E-state index contributed by atoms with van der Waals surface area (Å²) < 4.78 is 27.1. The maximum absolute atomic E-state index is 12.7. The van der Waals surface area contributed by atoms with Gasteiger partial charge >= 0.3 is 0 Å². The zero-order chi connectivity index (χ0) is 22.4. The van der Waals surface area contributed by atoms with Crippen molar-refractivity contribution in [2.75, 3.05) is 11.1 Å². The quantitative estimate of drug-likeness (QED) is 0.389. The van der Waals surface area contributed by atoms with E-state index >= 15 is 0 Å². The third-order valence-electron chi connectivity index (χ3n) is 4.65. The number of nitrogens with one attached hydrogen (secondary N) is 1. The second kappa shape index (κ2) is 9.93. The van der Waals surface area contributed by atoms with Crippen molar-refractivity contribution in [3.63, 3.8) is 0 Å². The summed E-state index contributed by atoms with van der Waals surface area (Å²) >= 11 is 1.20. The van der Waals surface area contributed by atoms with Crippen LogP contribution in [0.4, 0.5) is 5.69 Å². The summed E-state index contributed by atoms with van der Waals surface area (Å²) in [6.07, 6.45) is 1.64. The summed E-state index contributed by atoms with van der Waals surface area (Å²) in [4.78, 5) is 12.6. The molecule has 9 heteroatoms. The van der Waals surface area contributed by atoms with Crippen molar-refractivity contribution < 1.29 is 13.2 Å². The Kier molecular flexibility index (Phi) is 7.29. The highest BCUT2D eigenvalue weighted by Gasteiger charge is 2.21. The van der Waals surface area contributed by atoms with Crippen LogP contribution in [0.15, 0.2) is 71.2 Å². The van der Waals surface area contributed by atoms with E-state index in [4.69, 9.17) is 0 Å². The van der Waals surface area contributed by atoms with Gasteiger partial charge in [-0.15, -0.1) is 16.8 Å². The first kappa shape index (κ1) is 22.8. The molecule has 0 radical (unpaired) electrons. The van der Waals surface area contributed by atoms with Crippen LogP contribution < -0.4 is 5.32 Å². The standard InChI is InChI=1S/C22H24N4O3S2/c1-4-12-26-20(15-31(28,29)19-8-6-5-7-9-19)24-25-22(26)30-14-21(27)23-18-11-10-16(2)17(3)13-18/h4-11,13H,1,12,14-15H2,2-3H3,(H,23,27). The van der Waals surface area contributed by atoms with Gasteiger partial charge in [0.1, 0.15) is 11.6 Å². The second-order valence-corrected chi connectivity index (χ2v) is 9.94. The third kappa shape index (κ3) is 5.83. The number of hydrogen-bond donors (Lipinski definition) is 1. The molecule has 0 aliphatic heterocycles. The maximum atomic E-state index is 12.7. The number of allylic oxidation sites excluding steroid dienone is 1. The Labute approximate surface area is 186 Å². The van der Waals surface area contributed by atoms with Crippen molar-refractivity contribution >= 4 is 33.2 Å². The molecule has 0 saturated carbocycles. The van der Waals surface area contributed by atoms with Crippen molar-refractivity contribution in [2.45, 2.75) is 36.2 Å². The highest BCUT2D eigenvalue weighted by atomic mass is 32.2. The van der Waals surface area contributed by atoms with E-state index in [1.807, 2.05) is 32.0 Å². The highest BCUT2D eigenvalue weighted by molar-refractivity contribution is 7.99. The number of anilines is 1. The Balaban J connectivity index is 1.70. The van der Waals surface area contributed by atoms with Gasteiger partial charge in [0, 0.05) is 12.2 Å². The largest absolute Gasteiger partial charge is 0.325 e. The fraction of sp³-hybridized carbons (Fsp3) is 0.227. The van der Waals surface area contributed by atoms with Crippen LogP contribution in [0.5, 0.6) is 0 Å². The van der Waals surface area contributed by atoms with Crippen molar-refractivity contribution in [1.29, 1.82) is 0 Å². The lowest BCUT2D eigenvalue weighted by Crippen LogP contribution is -2.15. The van der Waals surface area contributed by atoms with Crippen molar-refractivity contribution in [3.05, 3.63) is 78.1 Å². The SMILES string of the molecule is C=CCn1c(CS(=O)(=O)c2ccccc2)nnc1SCC(=O)Nc1ccc(C)c(C)c1. The van der Waals surface area contributed by atoms with Crippen LogP contribution in [0.2, 0.25) is 0 Å². The number of aryl methyl sites for hydroxylation is 2. The zero-order valence-corrected chi connectivity index (χ0v) is 19.0. The fourth-order valence-corrected chi connectivity index (χ4v) is 4.93. The van der Waals surface area contributed by atoms with Gasteiger partial charge in [0.05, 0.1) is 10.6 Å². The van der Waals surface area contributed by atoms with Gasteiger partial charge in [-0.25, -0.2) is 8.42 Å². The number of carbonyl (C=O) groups is 1. The first-order valence-corrected chi connectivity index (χ1v) is 12.2. The Hall–Kier alpha value is -2.91. The lowest BCUT2D eigenvalue weighted by molar-refractivity contribution is -0.113. The number of thioether (sulfide) groups is 1. The Bertz CT molecular complexity index is 1190. The molecule has 31 heavy (non-hydrogen) atoms. The van der Waals surface area contributed by atoms with Crippen LogP contribution >= 0.6 is 11.8 Å². The Morgan fingerprint density at radius 3 is 2.55 bits per heavy atom. The number of amides is 1. The minimum absolute atomic E-state index is 0.119. The summed E-state index contributed by atoms with van der Waals surface area (Å²) in [5.74, 6) is -0.0402. The van der Waals surface area contributed by atoms with E-state index in [0.717, 1.165) is 16.8 Å². The van der Waals surface area contributed by atoms with E-state index in [2.05, 4.69) is 22.1 Å². The van der Waals surface area contributed by atoms with Crippen molar-refractivity contribution in [1.82, 2.24) is 14.8 Å². The summed E-state index contributed by atoms with van der Waals surface area (Å²) in [6.45, 7) is 8.07. The molecule has 7 nitrogen and oxygen atoms in total. The molecule has 0 aliphatic carbocycles. The topological polar surface area (TPSA) is 93.9 Å². The molecule has 162 valence electrons. The molecule has 1 heterocycles. The molecule has 0 fully saturated rings. The average molecular weight is 457 g/mol. The summed E-state index contributed by atoms with van der Waals surface area (Å²) in [5, 5.41) is 11.5. The van der Waals surface area contributed by atoms with Gasteiger partial charge in [0.15, 0.2) is 15.0 Å². The number of rotatable bonds is 9. The summed E-state index contributed by atoms with van der Waals surface area (Å²) in [6, 6.07) is 14.0. The van der Waals surface area contributed by atoms with Gasteiger partial charge in [0.2, 0.25) is 5.91 Å². The molecule has 0 saturated heterocycles. The first-order chi connectivity index (χ1) is 14.8. The molecule has 1 N–H and O–H groups in total. The number of hydrogen-bond acceptors (Lipinski definition) is 6. The molecular weight excluding hydrogens is 432 g/mol. The molecule has 0 bridgehead atoms. The summed E-state index contributed by atoms with van der Waals surface area (Å²) in [7, 11) is -3.57. The number of benzene rings is 2. The lowest BCUT2D eigenvalue weighted by Gasteiger charge is -2.09. The predicted octanol–water partition coefficient (Wildman–Crippen LogP) is 3.79. The van der Waals surface area contributed by atoms with Gasteiger partial charge in [-0.1, -0.05) is 42.1 Å². The third-order valence-corrected chi connectivity index (χ3v) is 7.24. The average Bonchev–Trinajstić information content (AvgIpc) is 3.11.